The molecule has 1 amide bonds. The van der Waals surface area contributed by atoms with Crippen molar-refractivity contribution in [3.8, 4) is 0 Å². The van der Waals surface area contributed by atoms with Crippen LogP contribution in [0.25, 0.3) is 0 Å². The number of likely N-dealkylation sites (tertiary alicyclic amines) is 1. The van der Waals surface area contributed by atoms with Gasteiger partial charge in [-0.2, -0.15) is 0 Å². The minimum Gasteiger partial charge on any atom is -0.456 e. The van der Waals surface area contributed by atoms with Crippen LogP contribution in [-0.2, 0) is 0 Å². The van der Waals surface area contributed by atoms with Crippen molar-refractivity contribution in [2.24, 2.45) is 0 Å². The summed E-state index contributed by atoms with van der Waals surface area (Å²) >= 11 is 0. The maximum atomic E-state index is 11.8. The molecular weight excluding hydrogens is 216 g/mol. The lowest BCUT2D eigenvalue weighted by molar-refractivity contribution is 0.0911. The van der Waals surface area contributed by atoms with Crippen LogP contribution in [0.3, 0.4) is 0 Å². The van der Waals surface area contributed by atoms with Gasteiger partial charge in [0.25, 0.3) is 5.91 Å². The van der Waals surface area contributed by atoms with E-state index < -0.39 is 0 Å². The summed E-state index contributed by atoms with van der Waals surface area (Å²) in [6.07, 6.45) is 2.55. The molecule has 4 nitrogen and oxygen atoms in total. The van der Waals surface area contributed by atoms with E-state index in [1.807, 2.05) is 6.92 Å². The first-order valence-corrected chi connectivity index (χ1v) is 6.25. The minimum atomic E-state index is -0.121. The molecule has 1 aliphatic rings. The van der Waals surface area contributed by atoms with E-state index in [2.05, 4.69) is 17.1 Å². The van der Waals surface area contributed by atoms with Crippen LogP contribution in [0.4, 0.5) is 0 Å². The Balaban J connectivity index is 1.79. The molecule has 0 aromatic carbocycles. The Morgan fingerprint density at radius 1 is 1.47 bits per heavy atom. The molecule has 0 radical (unpaired) electrons. The van der Waals surface area contributed by atoms with Gasteiger partial charge in [-0.25, -0.2) is 0 Å². The van der Waals surface area contributed by atoms with E-state index >= 15 is 0 Å². The highest BCUT2D eigenvalue weighted by molar-refractivity contribution is 5.91. The van der Waals surface area contributed by atoms with Crippen LogP contribution >= 0.6 is 0 Å². The fourth-order valence-corrected chi connectivity index (χ4v) is 2.20. The summed E-state index contributed by atoms with van der Waals surface area (Å²) in [4.78, 5) is 14.2. The summed E-state index contributed by atoms with van der Waals surface area (Å²) in [6, 6.07) is 3.92. The maximum absolute atomic E-state index is 11.8. The number of nitrogens with zero attached hydrogens (tertiary/aromatic N) is 1. The molecule has 4 heteroatoms. The van der Waals surface area contributed by atoms with Crippen molar-refractivity contribution in [1.29, 1.82) is 0 Å². The smallest absolute Gasteiger partial charge is 0.287 e. The Kier molecular flexibility index (Phi) is 3.84. The largest absolute Gasteiger partial charge is 0.456 e. The van der Waals surface area contributed by atoms with Gasteiger partial charge in [0.2, 0.25) is 0 Å². The molecule has 1 N–H and O–H groups in total. The van der Waals surface area contributed by atoms with E-state index in [1.165, 1.54) is 12.8 Å². The van der Waals surface area contributed by atoms with Gasteiger partial charge in [0.15, 0.2) is 5.76 Å². The zero-order valence-electron chi connectivity index (χ0n) is 10.5. The highest BCUT2D eigenvalue weighted by atomic mass is 16.3. The van der Waals surface area contributed by atoms with E-state index in [0.29, 0.717) is 18.3 Å². The van der Waals surface area contributed by atoms with Crippen molar-refractivity contribution in [2.75, 3.05) is 19.6 Å². The maximum Gasteiger partial charge on any atom is 0.287 e. The van der Waals surface area contributed by atoms with Crippen molar-refractivity contribution in [3.05, 3.63) is 23.7 Å². The van der Waals surface area contributed by atoms with Gasteiger partial charge in [0.05, 0.1) is 0 Å². The zero-order valence-corrected chi connectivity index (χ0v) is 10.5. The van der Waals surface area contributed by atoms with Crippen LogP contribution in [-0.4, -0.2) is 36.5 Å². The molecule has 0 saturated carbocycles. The molecule has 1 unspecified atom stereocenters. The topological polar surface area (TPSA) is 45.5 Å². The van der Waals surface area contributed by atoms with Gasteiger partial charge in [-0.05, 0) is 51.9 Å². The number of carbonyl (C=O) groups is 1. The first-order valence-electron chi connectivity index (χ1n) is 6.25. The average molecular weight is 236 g/mol. The van der Waals surface area contributed by atoms with Crippen LogP contribution in [0.5, 0.6) is 0 Å². The number of rotatable bonds is 4. The van der Waals surface area contributed by atoms with E-state index in [0.717, 1.165) is 18.8 Å². The number of amides is 1. The number of aryl methyl sites for hydroxylation is 1. The Morgan fingerprint density at radius 2 is 2.18 bits per heavy atom. The summed E-state index contributed by atoms with van der Waals surface area (Å²) in [5.74, 6) is 1.04. The van der Waals surface area contributed by atoms with Crippen LogP contribution in [0.2, 0.25) is 0 Å². The molecule has 0 spiro atoms. The fourth-order valence-electron chi connectivity index (χ4n) is 2.20. The molecule has 1 aromatic heterocycles. The Labute approximate surface area is 102 Å². The number of nitrogens with one attached hydrogen (secondary N) is 1. The van der Waals surface area contributed by atoms with E-state index in [-0.39, 0.29) is 5.91 Å². The number of hydrogen-bond donors (Lipinski definition) is 1. The molecule has 1 aromatic rings. The zero-order chi connectivity index (χ0) is 12.3. The molecule has 1 aliphatic heterocycles. The van der Waals surface area contributed by atoms with Gasteiger partial charge in [-0.3, -0.25) is 9.69 Å². The molecule has 2 heterocycles. The molecule has 1 saturated heterocycles. The van der Waals surface area contributed by atoms with E-state index in [1.54, 1.807) is 12.1 Å². The van der Waals surface area contributed by atoms with Crippen LogP contribution in [0.1, 0.15) is 36.1 Å². The first-order chi connectivity index (χ1) is 8.16. The van der Waals surface area contributed by atoms with Gasteiger partial charge in [-0.1, -0.05) is 0 Å². The van der Waals surface area contributed by atoms with Gasteiger partial charge in [-0.15, -0.1) is 0 Å². The predicted octanol–water partition coefficient (Wildman–Crippen LogP) is 1.80. The van der Waals surface area contributed by atoms with Crippen LogP contribution in [0, 0.1) is 6.92 Å². The molecule has 1 atom stereocenters. The Bertz CT molecular complexity index is 381. The summed E-state index contributed by atoms with van der Waals surface area (Å²) in [5.41, 5.74) is 0. The third-order valence-corrected chi connectivity index (χ3v) is 3.29. The highest BCUT2D eigenvalue weighted by Crippen LogP contribution is 2.11. The normalized spacial score (nSPS) is 18.2. The molecule has 1 fully saturated rings. The molecule has 0 bridgehead atoms. The third-order valence-electron chi connectivity index (χ3n) is 3.29. The second-order valence-electron chi connectivity index (χ2n) is 4.71. The van der Waals surface area contributed by atoms with E-state index in [9.17, 15) is 4.79 Å². The van der Waals surface area contributed by atoms with Crippen molar-refractivity contribution in [2.45, 2.75) is 32.7 Å². The number of hydrogen-bond acceptors (Lipinski definition) is 3. The average Bonchev–Trinajstić information content (AvgIpc) is 2.95. The number of furan rings is 1. The van der Waals surface area contributed by atoms with Gasteiger partial charge in [0, 0.05) is 12.6 Å². The first kappa shape index (κ1) is 12.2. The molecular formula is C13H20N2O2. The van der Waals surface area contributed by atoms with Crippen molar-refractivity contribution in [1.82, 2.24) is 10.2 Å². The van der Waals surface area contributed by atoms with E-state index in [4.69, 9.17) is 4.42 Å². The third kappa shape index (κ3) is 3.09. The molecule has 17 heavy (non-hydrogen) atoms. The summed E-state index contributed by atoms with van der Waals surface area (Å²) in [6.45, 7) is 6.97. The summed E-state index contributed by atoms with van der Waals surface area (Å²) < 4.78 is 5.28. The highest BCUT2D eigenvalue weighted by Gasteiger charge is 2.19. The molecule has 0 aliphatic carbocycles. The lowest BCUT2D eigenvalue weighted by atomic mass is 10.3. The lowest BCUT2D eigenvalue weighted by Gasteiger charge is -2.23. The van der Waals surface area contributed by atoms with Crippen molar-refractivity contribution >= 4 is 5.91 Å². The van der Waals surface area contributed by atoms with Crippen molar-refractivity contribution in [3.63, 3.8) is 0 Å². The van der Waals surface area contributed by atoms with Gasteiger partial charge in [0.1, 0.15) is 5.76 Å². The Morgan fingerprint density at radius 3 is 2.76 bits per heavy atom. The van der Waals surface area contributed by atoms with Crippen molar-refractivity contribution < 1.29 is 9.21 Å². The SMILES string of the molecule is Cc1ccc(C(=O)NCC(C)N2CCCC2)o1. The quantitative estimate of drug-likeness (QED) is 0.867. The second-order valence-corrected chi connectivity index (χ2v) is 4.71. The predicted molar refractivity (Wildman–Crippen MR) is 66.0 cm³/mol. The summed E-state index contributed by atoms with van der Waals surface area (Å²) in [5, 5.41) is 2.91. The van der Waals surface area contributed by atoms with Crippen LogP contribution < -0.4 is 5.32 Å². The second kappa shape index (κ2) is 5.36. The molecule has 2 rings (SSSR count). The standard InChI is InChI=1S/C13H20N2O2/c1-10(15-7-3-4-8-15)9-14-13(16)12-6-5-11(2)17-12/h5-6,10H,3-4,7-9H2,1-2H3,(H,14,16). The molecule has 94 valence electrons. The Hall–Kier alpha value is -1.29. The minimum absolute atomic E-state index is 0.121. The van der Waals surface area contributed by atoms with Crippen LogP contribution in [0.15, 0.2) is 16.5 Å². The summed E-state index contributed by atoms with van der Waals surface area (Å²) in [7, 11) is 0. The lowest BCUT2D eigenvalue weighted by Crippen LogP contribution is -2.40. The number of carbonyl (C=O) groups excluding carboxylic acids is 1. The monoisotopic (exact) mass is 236 g/mol. The van der Waals surface area contributed by atoms with Gasteiger partial charge >= 0.3 is 0 Å². The fraction of sp³-hybridized carbons (Fsp3) is 0.615. The van der Waals surface area contributed by atoms with Gasteiger partial charge < -0.3 is 9.73 Å².